The number of fused-ring (bicyclic) bond motifs is 1. The van der Waals surface area contributed by atoms with E-state index in [2.05, 4.69) is 10.3 Å². The number of nitrogens with one attached hydrogen (secondary N) is 1. The van der Waals surface area contributed by atoms with E-state index in [0.717, 1.165) is 10.8 Å². The van der Waals surface area contributed by atoms with Crippen LogP contribution in [0.4, 0.5) is 5.69 Å². The minimum Gasteiger partial charge on any atom is -0.481 e. The predicted molar refractivity (Wildman–Crippen MR) is 97.2 cm³/mol. The molecule has 1 unspecified atom stereocenters. The zero-order valence-electron chi connectivity index (χ0n) is 13.4. The normalized spacial score (nSPS) is 11.9. The first-order valence-corrected chi connectivity index (χ1v) is 8.02. The lowest BCUT2D eigenvalue weighted by molar-refractivity contribution is -0.138. The molecule has 0 radical (unpaired) electrons. The number of rotatable bonds is 4. The van der Waals surface area contributed by atoms with E-state index in [9.17, 15) is 9.59 Å². The summed E-state index contributed by atoms with van der Waals surface area (Å²) in [6.45, 7) is 1.58. The highest BCUT2D eigenvalue weighted by atomic mass is 35.5. The van der Waals surface area contributed by atoms with Gasteiger partial charge in [0.05, 0.1) is 16.6 Å². The maximum absolute atomic E-state index is 12.6. The quantitative estimate of drug-likeness (QED) is 0.730. The van der Waals surface area contributed by atoms with Gasteiger partial charge >= 0.3 is 5.97 Å². The lowest BCUT2D eigenvalue weighted by Crippen LogP contribution is -2.15. The fourth-order valence-electron chi connectivity index (χ4n) is 2.53. The Morgan fingerprint density at radius 3 is 2.64 bits per heavy atom. The van der Waals surface area contributed by atoms with Gasteiger partial charge in [-0.25, -0.2) is 0 Å². The number of amides is 1. The molecule has 0 aliphatic carbocycles. The SMILES string of the molecule is CC(C(=O)O)c1ccc(NC(=O)c2nccc3ccccc23)c(Cl)c1. The minimum atomic E-state index is -0.937. The number of carboxylic acid groups (broad SMARTS) is 1. The van der Waals surface area contributed by atoms with Crippen molar-refractivity contribution in [1.29, 1.82) is 0 Å². The van der Waals surface area contributed by atoms with Crippen molar-refractivity contribution in [3.63, 3.8) is 0 Å². The highest BCUT2D eigenvalue weighted by molar-refractivity contribution is 6.34. The van der Waals surface area contributed by atoms with E-state index in [-0.39, 0.29) is 10.9 Å². The topological polar surface area (TPSA) is 79.3 Å². The third-order valence-corrected chi connectivity index (χ3v) is 4.31. The second kappa shape index (κ2) is 6.91. The molecule has 0 bridgehead atoms. The van der Waals surface area contributed by atoms with Gasteiger partial charge in [0.25, 0.3) is 5.91 Å². The smallest absolute Gasteiger partial charge is 0.310 e. The standard InChI is InChI=1S/C19H15ClN2O3/c1-11(19(24)25)13-6-7-16(15(20)10-13)22-18(23)17-14-5-3-2-4-12(14)8-9-21-17/h2-11H,1H3,(H,22,23)(H,24,25). The maximum Gasteiger partial charge on any atom is 0.310 e. The van der Waals surface area contributed by atoms with Crippen molar-refractivity contribution in [3.05, 3.63) is 71.0 Å². The van der Waals surface area contributed by atoms with Crippen LogP contribution in [0.1, 0.15) is 28.9 Å². The molecule has 5 nitrogen and oxygen atoms in total. The predicted octanol–water partition coefficient (Wildman–Crippen LogP) is 4.33. The summed E-state index contributed by atoms with van der Waals surface area (Å²) < 4.78 is 0. The van der Waals surface area contributed by atoms with Gasteiger partial charge in [0.15, 0.2) is 0 Å². The van der Waals surface area contributed by atoms with Crippen LogP contribution in [0.3, 0.4) is 0 Å². The second-order valence-electron chi connectivity index (χ2n) is 5.63. The Morgan fingerprint density at radius 1 is 1.16 bits per heavy atom. The molecule has 0 saturated carbocycles. The number of anilines is 1. The summed E-state index contributed by atoms with van der Waals surface area (Å²) in [5, 5.41) is 13.7. The summed E-state index contributed by atoms with van der Waals surface area (Å²) in [4.78, 5) is 27.8. The van der Waals surface area contributed by atoms with Gasteiger partial charge < -0.3 is 10.4 Å². The van der Waals surface area contributed by atoms with Crippen LogP contribution < -0.4 is 5.32 Å². The number of carbonyl (C=O) groups is 2. The third kappa shape index (κ3) is 3.46. The average molecular weight is 355 g/mol. The molecule has 1 amide bonds. The van der Waals surface area contributed by atoms with E-state index in [1.54, 1.807) is 31.3 Å². The summed E-state index contributed by atoms with van der Waals surface area (Å²) in [7, 11) is 0. The molecule has 3 rings (SSSR count). The first kappa shape index (κ1) is 16.9. The third-order valence-electron chi connectivity index (χ3n) is 4.00. The number of aliphatic carboxylic acids is 1. The molecule has 25 heavy (non-hydrogen) atoms. The molecular formula is C19H15ClN2O3. The van der Waals surface area contributed by atoms with E-state index in [4.69, 9.17) is 16.7 Å². The molecule has 126 valence electrons. The number of pyridine rings is 1. The monoisotopic (exact) mass is 354 g/mol. The second-order valence-corrected chi connectivity index (χ2v) is 6.04. The van der Waals surface area contributed by atoms with Crippen molar-refractivity contribution in [2.45, 2.75) is 12.8 Å². The first-order valence-electron chi connectivity index (χ1n) is 7.64. The molecule has 3 aromatic rings. The molecular weight excluding hydrogens is 340 g/mol. The highest BCUT2D eigenvalue weighted by Crippen LogP contribution is 2.28. The van der Waals surface area contributed by atoms with Gasteiger partial charge in [-0.15, -0.1) is 0 Å². The van der Waals surface area contributed by atoms with Crippen molar-refractivity contribution in [3.8, 4) is 0 Å². The van der Waals surface area contributed by atoms with Gasteiger partial charge in [0, 0.05) is 11.6 Å². The van der Waals surface area contributed by atoms with Crippen molar-refractivity contribution >= 4 is 39.9 Å². The van der Waals surface area contributed by atoms with Crippen molar-refractivity contribution in [2.75, 3.05) is 5.32 Å². The molecule has 1 heterocycles. The molecule has 0 spiro atoms. The molecule has 6 heteroatoms. The van der Waals surface area contributed by atoms with Crippen LogP contribution in [-0.2, 0) is 4.79 Å². The number of hydrogen-bond acceptors (Lipinski definition) is 3. The number of benzene rings is 2. The Kier molecular flexibility index (Phi) is 4.67. The summed E-state index contributed by atoms with van der Waals surface area (Å²) in [6.07, 6.45) is 1.58. The summed E-state index contributed by atoms with van der Waals surface area (Å²) in [5.41, 5.74) is 1.28. The summed E-state index contributed by atoms with van der Waals surface area (Å²) in [5.74, 6) is -1.99. The lowest BCUT2D eigenvalue weighted by Gasteiger charge is -2.12. The maximum atomic E-state index is 12.6. The lowest BCUT2D eigenvalue weighted by atomic mass is 10.0. The zero-order chi connectivity index (χ0) is 18.0. The fourth-order valence-corrected chi connectivity index (χ4v) is 2.76. The van der Waals surface area contributed by atoms with E-state index in [1.807, 2.05) is 30.3 Å². The van der Waals surface area contributed by atoms with Gasteiger partial charge in [0.2, 0.25) is 0 Å². The molecule has 0 saturated heterocycles. The molecule has 0 aliphatic rings. The molecule has 0 aliphatic heterocycles. The number of aromatic nitrogens is 1. The van der Waals surface area contributed by atoms with Gasteiger partial charge in [0.1, 0.15) is 5.69 Å². The highest BCUT2D eigenvalue weighted by Gasteiger charge is 2.17. The van der Waals surface area contributed by atoms with Crippen LogP contribution >= 0.6 is 11.6 Å². The number of carbonyl (C=O) groups excluding carboxylic acids is 1. The summed E-state index contributed by atoms with van der Waals surface area (Å²) in [6, 6.07) is 14.1. The van der Waals surface area contributed by atoms with Crippen LogP contribution in [0.25, 0.3) is 10.8 Å². The van der Waals surface area contributed by atoms with Crippen LogP contribution in [0, 0.1) is 0 Å². The average Bonchev–Trinajstić information content (AvgIpc) is 2.62. The minimum absolute atomic E-state index is 0.277. The Morgan fingerprint density at radius 2 is 1.92 bits per heavy atom. The number of nitrogens with zero attached hydrogens (tertiary/aromatic N) is 1. The first-order chi connectivity index (χ1) is 12.0. The fraction of sp³-hybridized carbons (Fsp3) is 0.105. The largest absolute Gasteiger partial charge is 0.481 e. The van der Waals surface area contributed by atoms with Crippen molar-refractivity contribution < 1.29 is 14.7 Å². The Hall–Kier alpha value is -2.92. The Bertz CT molecular complexity index is 967. The van der Waals surface area contributed by atoms with Crippen LogP contribution in [-0.4, -0.2) is 22.0 Å². The molecule has 2 N–H and O–H groups in total. The van der Waals surface area contributed by atoms with Crippen molar-refractivity contribution in [1.82, 2.24) is 4.98 Å². The summed E-state index contributed by atoms with van der Waals surface area (Å²) >= 11 is 6.20. The molecule has 1 aromatic heterocycles. The van der Waals surface area contributed by atoms with Gasteiger partial charge in [-0.1, -0.05) is 41.9 Å². The number of hydrogen-bond donors (Lipinski definition) is 2. The number of halogens is 1. The molecule has 0 fully saturated rings. The Labute approximate surface area is 149 Å². The van der Waals surface area contributed by atoms with Crippen molar-refractivity contribution in [2.24, 2.45) is 0 Å². The van der Waals surface area contributed by atoms with Gasteiger partial charge in [-0.05, 0) is 36.1 Å². The number of carboxylic acids is 1. The van der Waals surface area contributed by atoms with Gasteiger partial charge in [-0.3, -0.25) is 14.6 Å². The van der Waals surface area contributed by atoms with Crippen LogP contribution in [0.5, 0.6) is 0 Å². The van der Waals surface area contributed by atoms with Crippen LogP contribution in [0.2, 0.25) is 5.02 Å². The van der Waals surface area contributed by atoms with E-state index < -0.39 is 11.9 Å². The zero-order valence-corrected chi connectivity index (χ0v) is 14.1. The van der Waals surface area contributed by atoms with Crippen LogP contribution in [0.15, 0.2) is 54.7 Å². The van der Waals surface area contributed by atoms with E-state index >= 15 is 0 Å². The Balaban J connectivity index is 1.89. The molecule has 1 atom stereocenters. The van der Waals surface area contributed by atoms with E-state index in [1.165, 1.54) is 0 Å². The van der Waals surface area contributed by atoms with Gasteiger partial charge in [-0.2, -0.15) is 0 Å². The molecule has 2 aromatic carbocycles. The van der Waals surface area contributed by atoms with E-state index in [0.29, 0.717) is 16.9 Å².